The molecule has 4 nitrogen and oxygen atoms in total. The molecule has 24 heavy (non-hydrogen) atoms. The highest BCUT2D eigenvalue weighted by Gasteiger charge is 2.30. The highest BCUT2D eigenvalue weighted by atomic mass is 32.1. The zero-order chi connectivity index (χ0) is 17.5. The maximum atomic E-state index is 12.7. The summed E-state index contributed by atoms with van der Waals surface area (Å²) in [5.74, 6) is 0.120. The zero-order valence-corrected chi connectivity index (χ0v) is 13.8. The number of aromatic nitrogens is 2. The Labute approximate surface area is 140 Å². The Bertz CT molecular complexity index is 902. The number of anilines is 3. The van der Waals surface area contributed by atoms with Crippen molar-refractivity contribution in [2.45, 2.75) is 26.4 Å². The number of nitrogens with two attached hydrogens (primary N) is 1. The van der Waals surface area contributed by atoms with Crippen molar-refractivity contribution in [2.24, 2.45) is 0 Å². The van der Waals surface area contributed by atoms with Gasteiger partial charge < -0.3 is 11.1 Å². The summed E-state index contributed by atoms with van der Waals surface area (Å²) in [6.45, 7) is 3.82. The van der Waals surface area contributed by atoms with E-state index in [-0.39, 0.29) is 5.82 Å². The van der Waals surface area contributed by atoms with Gasteiger partial charge in [0, 0.05) is 16.3 Å². The van der Waals surface area contributed by atoms with Gasteiger partial charge in [-0.25, -0.2) is 9.97 Å². The van der Waals surface area contributed by atoms with Crippen molar-refractivity contribution in [3.63, 3.8) is 0 Å². The van der Waals surface area contributed by atoms with Crippen LogP contribution in [-0.2, 0) is 6.42 Å². The molecule has 0 unspecified atom stereocenters. The van der Waals surface area contributed by atoms with Crippen LogP contribution in [0.3, 0.4) is 0 Å². The lowest BCUT2D eigenvalue weighted by molar-refractivity contribution is -0.128. The number of halogens is 3. The molecule has 0 aliphatic carbocycles. The second kappa shape index (κ2) is 5.94. The third-order valence-electron chi connectivity index (χ3n) is 3.58. The number of benzene rings is 1. The molecule has 0 spiro atoms. The number of alkyl halides is 3. The van der Waals surface area contributed by atoms with E-state index in [1.54, 1.807) is 24.3 Å². The number of nitrogens with zero attached hydrogens (tertiary/aromatic N) is 2. The Balaban J connectivity index is 2.12. The van der Waals surface area contributed by atoms with E-state index < -0.39 is 12.6 Å². The van der Waals surface area contributed by atoms with Gasteiger partial charge >= 0.3 is 6.18 Å². The number of nitrogen functional groups attached to an aromatic ring is 1. The Morgan fingerprint density at radius 1 is 1.21 bits per heavy atom. The molecule has 0 atom stereocenters. The summed E-state index contributed by atoms with van der Waals surface area (Å²) in [7, 11) is 0. The average Bonchev–Trinajstić information content (AvgIpc) is 2.72. The van der Waals surface area contributed by atoms with Gasteiger partial charge in [0.15, 0.2) is 0 Å². The quantitative estimate of drug-likeness (QED) is 0.669. The van der Waals surface area contributed by atoms with Crippen molar-refractivity contribution in [1.82, 2.24) is 9.97 Å². The van der Waals surface area contributed by atoms with Crippen LogP contribution in [0.5, 0.6) is 0 Å². The minimum Gasteiger partial charge on any atom is -0.399 e. The molecule has 0 saturated carbocycles. The summed E-state index contributed by atoms with van der Waals surface area (Å²) >= 11 is 1.36. The molecule has 2 heterocycles. The van der Waals surface area contributed by atoms with E-state index in [0.717, 1.165) is 15.8 Å². The Hall–Kier alpha value is -2.35. The largest absolute Gasteiger partial charge is 0.399 e. The van der Waals surface area contributed by atoms with Crippen LogP contribution in [0.1, 0.15) is 16.3 Å². The molecule has 3 aromatic rings. The molecule has 8 heteroatoms. The van der Waals surface area contributed by atoms with Crippen molar-refractivity contribution in [1.29, 1.82) is 0 Å². The highest BCUT2D eigenvalue weighted by Crippen LogP contribution is 2.35. The molecule has 0 amide bonds. The lowest BCUT2D eigenvalue weighted by Gasteiger charge is -2.11. The second-order valence-corrected chi connectivity index (χ2v) is 6.70. The summed E-state index contributed by atoms with van der Waals surface area (Å²) in [6.07, 6.45) is -5.52. The third kappa shape index (κ3) is 3.43. The van der Waals surface area contributed by atoms with E-state index in [4.69, 9.17) is 5.73 Å². The van der Waals surface area contributed by atoms with Gasteiger partial charge in [-0.15, -0.1) is 11.3 Å². The molecule has 0 fully saturated rings. The van der Waals surface area contributed by atoms with Crippen molar-refractivity contribution < 1.29 is 13.2 Å². The van der Waals surface area contributed by atoms with Crippen LogP contribution in [0.2, 0.25) is 0 Å². The van der Waals surface area contributed by atoms with Gasteiger partial charge in [0.1, 0.15) is 22.9 Å². The fraction of sp³-hybridized carbons (Fsp3) is 0.250. The molecular formula is C16H15F3N4S. The number of hydrogen-bond donors (Lipinski definition) is 2. The van der Waals surface area contributed by atoms with Gasteiger partial charge in [0.2, 0.25) is 0 Å². The van der Waals surface area contributed by atoms with Gasteiger partial charge in [0.05, 0.1) is 5.39 Å². The molecular weight excluding hydrogens is 337 g/mol. The monoisotopic (exact) mass is 352 g/mol. The smallest absolute Gasteiger partial charge is 0.396 e. The van der Waals surface area contributed by atoms with Gasteiger partial charge in [-0.05, 0) is 37.6 Å². The van der Waals surface area contributed by atoms with Crippen LogP contribution in [0.15, 0.2) is 24.3 Å². The Morgan fingerprint density at radius 2 is 1.96 bits per heavy atom. The third-order valence-corrected chi connectivity index (χ3v) is 4.68. The van der Waals surface area contributed by atoms with Crippen LogP contribution in [0.25, 0.3) is 10.2 Å². The number of rotatable bonds is 3. The van der Waals surface area contributed by atoms with Crippen molar-refractivity contribution in [2.75, 3.05) is 11.1 Å². The molecule has 1 aromatic carbocycles. The summed E-state index contributed by atoms with van der Waals surface area (Å²) < 4.78 is 38.2. The van der Waals surface area contributed by atoms with Crippen molar-refractivity contribution in [3.05, 3.63) is 40.5 Å². The topological polar surface area (TPSA) is 63.8 Å². The van der Waals surface area contributed by atoms with Gasteiger partial charge in [-0.3, -0.25) is 0 Å². The fourth-order valence-electron chi connectivity index (χ4n) is 2.40. The molecule has 3 rings (SSSR count). The van der Waals surface area contributed by atoms with Gasteiger partial charge in [-0.2, -0.15) is 13.2 Å². The molecule has 0 aliphatic heterocycles. The van der Waals surface area contributed by atoms with E-state index in [9.17, 15) is 13.2 Å². The first-order valence-electron chi connectivity index (χ1n) is 7.19. The first-order valence-corrected chi connectivity index (χ1v) is 8.00. The molecule has 0 saturated heterocycles. The van der Waals surface area contributed by atoms with Crippen molar-refractivity contribution >= 4 is 38.7 Å². The van der Waals surface area contributed by atoms with E-state index in [2.05, 4.69) is 15.3 Å². The Morgan fingerprint density at radius 3 is 2.62 bits per heavy atom. The first kappa shape index (κ1) is 16.5. The number of hydrogen-bond acceptors (Lipinski definition) is 5. The maximum Gasteiger partial charge on any atom is 0.396 e. The van der Waals surface area contributed by atoms with Crippen LogP contribution < -0.4 is 11.1 Å². The zero-order valence-electron chi connectivity index (χ0n) is 13.0. The lowest BCUT2D eigenvalue weighted by atomic mass is 10.2. The van der Waals surface area contributed by atoms with E-state index in [1.165, 1.54) is 11.3 Å². The Kier molecular flexibility index (Phi) is 4.08. The summed E-state index contributed by atoms with van der Waals surface area (Å²) in [5, 5.41) is 3.82. The van der Waals surface area contributed by atoms with Gasteiger partial charge in [0.25, 0.3) is 0 Å². The lowest BCUT2D eigenvalue weighted by Crippen LogP contribution is -2.14. The minimum atomic E-state index is -4.36. The molecule has 0 radical (unpaired) electrons. The van der Waals surface area contributed by atoms with E-state index in [1.807, 2.05) is 13.8 Å². The number of aryl methyl sites for hydroxylation is 2. The standard InChI is InChI=1S/C16H15F3N4S/c1-8-9(2)24-15-13(8)14(21-11-5-3-4-10(20)6-11)22-12(23-15)7-16(17,18)19/h3-6H,7,20H2,1-2H3,(H,21,22,23). The number of thiophene rings is 1. The molecule has 126 valence electrons. The SMILES string of the molecule is Cc1sc2nc(CC(F)(F)F)nc(Nc3cccc(N)c3)c2c1C. The summed E-state index contributed by atoms with van der Waals surface area (Å²) in [5.41, 5.74) is 7.93. The average molecular weight is 352 g/mol. The maximum absolute atomic E-state index is 12.7. The van der Waals surface area contributed by atoms with Crippen molar-refractivity contribution in [3.8, 4) is 0 Å². The first-order chi connectivity index (χ1) is 11.2. The number of fused-ring (bicyclic) bond motifs is 1. The van der Waals surface area contributed by atoms with Crippen LogP contribution >= 0.6 is 11.3 Å². The number of nitrogens with one attached hydrogen (secondary N) is 1. The molecule has 0 bridgehead atoms. The fourth-order valence-corrected chi connectivity index (χ4v) is 3.44. The molecule has 2 aromatic heterocycles. The van der Waals surface area contributed by atoms with Gasteiger partial charge in [-0.1, -0.05) is 6.07 Å². The normalized spacial score (nSPS) is 11.9. The van der Waals surface area contributed by atoms with Crippen LogP contribution in [-0.4, -0.2) is 16.1 Å². The summed E-state index contributed by atoms with van der Waals surface area (Å²) in [6, 6.07) is 6.97. The van der Waals surface area contributed by atoms with Crippen LogP contribution in [0, 0.1) is 13.8 Å². The molecule has 3 N–H and O–H groups in total. The predicted molar refractivity (Wildman–Crippen MR) is 90.8 cm³/mol. The summed E-state index contributed by atoms with van der Waals surface area (Å²) in [4.78, 5) is 9.74. The van der Waals surface area contributed by atoms with E-state index >= 15 is 0 Å². The second-order valence-electron chi connectivity index (χ2n) is 5.49. The predicted octanol–water partition coefficient (Wildman–Crippen LogP) is 4.74. The molecule has 0 aliphatic rings. The highest BCUT2D eigenvalue weighted by molar-refractivity contribution is 7.18. The minimum absolute atomic E-state index is 0.248. The van der Waals surface area contributed by atoms with Crippen LogP contribution in [0.4, 0.5) is 30.4 Å². The van der Waals surface area contributed by atoms with E-state index in [0.29, 0.717) is 22.0 Å².